The average Bonchev–Trinajstić information content (AvgIpc) is 3.37. The molecule has 0 spiro atoms. The molecular formula is C26H33ClN6O3. The molecule has 10 heteroatoms. The van der Waals surface area contributed by atoms with Crippen molar-refractivity contribution in [3.8, 4) is 5.75 Å². The zero-order valence-electron chi connectivity index (χ0n) is 20.8. The van der Waals surface area contributed by atoms with Gasteiger partial charge in [0.1, 0.15) is 16.9 Å². The van der Waals surface area contributed by atoms with E-state index in [1.807, 2.05) is 0 Å². The van der Waals surface area contributed by atoms with Gasteiger partial charge >= 0.3 is 6.09 Å². The smallest absolute Gasteiger partial charge is 0.404 e. The molecule has 0 unspecified atom stereocenters. The summed E-state index contributed by atoms with van der Waals surface area (Å²) in [5.74, 6) is 1.95. The van der Waals surface area contributed by atoms with Crippen molar-refractivity contribution in [2.45, 2.75) is 51.3 Å². The Hall–Kier alpha value is -3.04. The maximum atomic E-state index is 11.5. The Morgan fingerprint density at radius 1 is 1.19 bits per heavy atom. The minimum atomic E-state index is -0.782. The number of halogens is 1. The first kappa shape index (κ1) is 24.6. The Bertz CT molecular complexity index is 1170. The van der Waals surface area contributed by atoms with Crippen LogP contribution >= 0.6 is 11.6 Å². The highest BCUT2D eigenvalue weighted by atomic mass is 35.5. The van der Waals surface area contributed by atoms with Crippen LogP contribution in [0.1, 0.15) is 31.4 Å². The SMILES string of the molecule is COc1cc2c(cc1Nc1ncc(Cl)c(N[C@H]3[C@@H](OC(N)=O)[C@@H]4C=C[C@H]3C4)n1)CCN(C(C)C)CC2. The van der Waals surface area contributed by atoms with E-state index in [1.165, 1.54) is 11.1 Å². The molecule has 0 radical (unpaired) electrons. The second kappa shape index (κ2) is 10.1. The number of carbonyl (C=O) groups excluding carboxylic acids is 1. The quantitative estimate of drug-likeness (QED) is 0.474. The number of fused-ring (bicyclic) bond motifs is 3. The second-order valence-electron chi connectivity index (χ2n) is 9.99. The standard InChI is InChI=1S/C26H33ClN6O3/c1-14(2)33-8-6-15-11-20(21(35-3)12-16(15)7-9-33)30-26-29-13-19(27)24(32-26)31-22-17-4-5-18(10-17)23(22)36-25(28)34/h4-5,11-14,17-18,22-23H,6-10H2,1-3H3,(H2,28,34)(H2,29,30,31,32)/t17-,18+,22+,23-/m0/s1. The van der Waals surface area contributed by atoms with E-state index in [-0.39, 0.29) is 24.0 Å². The number of methoxy groups -OCH3 is 1. The average molecular weight is 513 g/mol. The molecule has 4 N–H and O–H groups in total. The molecule has 1 fully saturated rings. The van der Waals surface area contributed by atoms with Crippen molar-refractivity contribution in [1.29, 1.82) is 0 Å². The van der Waals surface area contributed by atoms with Crippen LogP contribution in [0.25, 0.3) is 0 Å². The van der Waals surface area contributed by atoms with Gasteiger partial charge in [-0.1, -0.05) is 23.8 Å². The van der Waals surface area contributed by atoms with Gasteiger partial charge in [-0.25, -0.2) is 9.78 Å². The van der Waals surface area contributed by atoms with E-state index in [0.29, 0.717) is 22.8 Å². The van der Waals surface area contributed by atoms with Crippen LogP contribution in [0.4, 0.5) is 22.2 Å². The highest BCUT2D eigenvalue weighted by Crippen LogP contribution is 2.43. The molecule has 1 aliphatic heterocycles. The molecule has 192 valence electrons. The van der Waals surface area contributed by atoms with E-state index >= 15 is 0 Å². The van der Waals surface area contributed by atoms with E-state index in [1.54, 1.807) is 13.3 Å². The zero-order chi connectivity index (χ0) is 25.4. The van der Waals surface area contributed by atoms with Gasteiger partial charge in [-0.3, -0.25) is 0 Å². The summed E-state index contributed by atoms with van der Waals surface area (Å²) < 4.78 is 11.1. The fourth-order valence-electron chi connectivity index (χ4n) is 5.62. The Balaban J connectivity index is 1.37. The molecule has 9 nitrogen and oxygen atoms in total. The minimum absolute atomic E-state index is 0.133. The number of anilines is 3. The number of benzene rings is 1. The first-order chi connectivity index (χ1) is 17.3. The maximum Gasteiger partial charge on any atom is 0.404 e. The van der Waals surface area contributed by atoms with Crippen LogP contribution in [-0.2, 0) is 17.6 Å². The Morgan fingerprint density at radius 3 is 2.61 bits per heavy atom. The summed E-state index contributed by atoms with van der Waals surface area (Å²) in [6, 6.07) is 4.61. The van der Waals surface area contributed by atoms with E-state index < -0.39 is 6.09 Å². The first-order valence-corrected chi connectivity index (χ1v) is 12.8. The molecular weight excluding hydrogens is 480 g/mol. The molecule has 3 aliphatic rings. The van der Waals surface area contributed by atoms with Crippen molar-refractivity contribution in [2.75, 3.05) is 30.8 Å². The number of amides is 1. The van der Waals surface area contributed by atoms with Crippen molar-refractivity contribution in [3.63, 3.8) is 0 Å². The summed E-state index contributed by atoms with van der Waals surface area (Å²) in [7, 11) is 1.67. The van der Waals surface area contributed by atoms with E-state index in [2.05, 4.69) is 63.6 Å². The Kier molecular flexibility index (Phi) is 6.94. The maximum absolute atomic E-state index is 11.5. The van der Waals surface area contributed by atoms with Gasteiger partial charge in [0, 0.05) is 31.0 Å². The van der Waals surface area contributed by atoms with Gasteiger partial charge in [-0.2, -0.15) is 4.98 Å². The topological polar surface area (TPSA) is 115 Å². The van der Waals surface area contributed by atoms with Crippen LogP contribution in [-0.4, -0.2) is 59.3 Å². The van der Waals surface area contributed by atoms with E-state index in [9.17, 15) is 4.79 Å². The third-order valence-electron chi connectivity index (χ3n) is 7.52. The third kappa shape index (κ3) is 4.95. The summed E-state index contributed by atoms with van der Waals surface area (Å²) in [6.07, 6.45) is 7.48. The summed E-state index contributed by atoms with van der Waals surface area (Å²) in [6.45, 7) is 6.54. The lowest BCUT2D eigenvalue weighted by Crippen LogP contribution is -2.41. The summed E-state index contributed by atoms with van der Waals surface area (Å²) in [5, 5.41) is 7.08. The van der Waals surface area contributed by atoms with Crippen molar-refractivity contribution < 1.29 is 14.3 Å². The number of nitrogens with two attached hydrogens (primary N) is 1. The molecule has 5 rings (SSSR count). The number of ether oxygens (including phenoxy) is 2. The van der Waals surface area contributed by atoms with Gasteiger partial charge in [0.2, 0.25) is 5.95 Å². The van der Waals surface area contributed by atoms with Gasteiger partial charge < -0.3 is 30.7 Å². The highest BCUT2D eigenvalue weighted by molar-refractivity contribution is 6.32. The molecule has 1 saturated carbocycles. The highest BCUT2D eigenvalue weighted by Gasteiger charge is 2.47. The Labute approximate surface area is 216 Å². The van der Waals surface area contributed by atoms with Crippen LogP contribution in [0.3, 0.4) is 0 Å². The van der Waals surface area contributed by atoms with Crippen molar-refractivity contribution in [1.82, 2.24) is 14.9 Å². The van der Waals surface area contributed by atoms with Crippen molar-refractivity contribution >= 4 is 35.1 Å². The summed E-state index contributed by atoms with van der Waals surface area (Å²) >= 11 is 6.45. The van der Waals surface area contributed by atoms with Gasteiger partial charge in [0.25, 0.3) is 0 Å². The predicted molar refractivity (Wildman–Crippen MR) is 140 cm³/mol. The number of nitrogens with zero attached hydrogens (tertiary/aromatic N) is 3. The molecule has 36 heavy (non-hydrogen) atoms. The molecule has 1 aromatic carbocycles. The van der Waals surface area contributed by atoms with Gasteiger partial charge in [-0.05, 0) is 56.4 Å². The minimum Gasteiger partial charge on any atom is -0.495 e. The second-order valence-corrected chi connectivity index (χ2v) is 10.4. The normalized spacial score (nSPS) is 24.9. The largest absolute Gasteiger partial charge is 0.495 e. The molecule has 1 amide bonds. The Morgan fingerprint density at radius 2 is 1.92 bits per heavy atom. The van der Waals surface area contributed by atoms with Gasteiger partial charge in [0.15, 0.2) is 5.82 Å². The molecule has 2 aromatic rings. The third-order valence-corrected chi connectivity index (χ3v) is 7.80. The fraction of sp³-hybridized carbons (Fsp3) is 0.500. The number of carbonyl (C=O) groups is 1. The number of hydrogen-bond donors (Lipinski definition) is 3. The van der Waals surface area contributed by atoms with Crippen LogP contribution in [0.5, 0.6) is 5.75 Å². The molecule has 1 aromatic heterocycles. The van der Waals surface area contributed by atoms with Crippen molar-refractivity contribution in [2.24, 2.45) is 17.6 Å². The fourth-order valence-corrected chi connectivity index (χ4v) is 5.77. The molecule has 2 bridgehead atoms. The van der Waals surface area contributed by atoms with E-state index in [0.717, 1.165) is 43.8 Å². The lowest BCUT2D eigenvalue weighted by atomic mass is 9.98. The van der Waals surface area contributed by atoms with Gasteiger partial charge in [0.05, 0.1) is 25.0 Å². The van der Waals surface area contributed by atoms with Crippen molar-refractivity contribution in [3.05, 3.63) is 46.6 Å². The number of rotatable bonds is 7. The van der Waals surface area contributed by atoms with Crippen LogP contribution in [0.15, 0.2) is 30.5 Å². The molecule has 2 aliphatic carbocycles. The molecule has 2 heterocycles. The molecule has 4 atom stereocenters. The lowest BCUT2D eigenvalue weighted by Gasteiger charge is -2.28. The van der Waals surface area contributed by atoms with Crippen LogP contribution in [0, 0.1) is 11.8 Å². The first-order valence-electron chi connectivity index (χ1n) is 12.5. The number of nitrogens with one attached hydrogen (secondary N) is 2. The number of primary amides is 1. The lowest BCUT2D eigenvalue weighted by molar-refractivity contribution is 0.0853. The van der Waals surface area contributed by atoms with Crippen LogP contribution < -0.4 is 21.1 Å². The summed E-state index contributed by atoms with van der Waals surface area (Å²) in [4.78, 5) is 23.0. The van der Waals surface area contributed by atoms with E-state index in [4.69, 9.17) is 26.8 Å². The van der Waals surface area contributed by atoms with Gasteiger partial charge in [-0.15, -0.1) is 0 Å². The van der Waals surface area contributed by atoms with Crippen LogP contribution in [0.2, 0.25) is 5.02 Å². The molecule has 0 saturated heterocycles. The zero-order valence-corrected chi connectivity index (χ0v) is 21.6. The predicted octanol–water partition coefficient (Wildman–Crippen LogP) is 4.14. The number of aromatic nitrogens is 2. The monoisotopic (exact) mass is 512 g/mol. The number of hydrogen-bond acceptors (Lipinski definition) is 8. The summed E-state index contributed by atoms with van der Waals surface area (Å²) in [5.41, 5.74) is 8.73.